The van der Waals surface area contributed by atoms with Gasteiger partial charge in [0.2, 0.25) is 0 Å². The lowest BCUT2D eigenvalue weighted by atomic mass is 9.97. The maximum absolute atomic E-state index is 11.5. The van der Waals surface area contributed by atoms with E-state index in [1.54, 1.807) is 50.4 Å². The van der Waals surface area contributed by atoms with Crippen LogP contribution in [0.2, 0.25) is 0 Å². The van der Waals surface area contributed by atoms with Crippen LogP contribution in [0.15, 0.2) is 47.5 Å². The Kier molecular flexibility index (Phi) is 8.32. The van der Waals surface area contributed by atoms with Gasteiger partial charge in [-0.3, -0.25) is 0 Å². The van der Waals surface area contributed by atoms with Crippen molar-refractivity contribution in [2.45, 2.75) is 24.1 Å². The van der Waals surface area contributed by atoms with Crippen LogP contribution in [0.5, 0.6) is 5.75 Å². The third kappa shape index (κ3) is 5.55. The molecule has 0 saturated heterocycles. The number of aromatic nitrogens is 1. The van der Waals surface area contributed by atoms with Gasteiger partial charge in [0.05, 0.1) is 17.7 Å². The van der Waals surface area contributed by atoms with Gasteiger partial charge < -0.3 is 20.3 Å². The van der Waals surface area contributed by atoms with Gasteiger partial charge in [-0.1, -0.05) is 36.0 Å². The van der Waals surface area contributed by atoms with E-state index in [2.05, 4.69) is 17.1 Å². The predicted octanol–water partition coefficient (Wildman–Crippen LogP) is 4.96. The molecule has 3 rings (SSSR count). The van der Waals surface area contributed by atoms with E-state index in [-0.39, 0.29) is 27.8 Å². The minimum Gasteiger partial charge on any atom is -0.491 e. The normalized spacial score (nSPS) is 11.3. The lowest BCUT2D eigenvalue weighted by molar-refractivity contribution is 0.0696. The molecule has 0 aliphatic carbocycles. The summed E-state index contributed by atoms with van der Waals surface area (Å²) in [5.41, 5.74) is 9.19. The van der Waals surface area contributed by atoms with Gasteiger partial charge >= 0.3 is 5.97 Å². The number of hydrogen-bond acceptors (Lipinski definition) is 8. The van der Waals surface area contributed by atoms with Crippen LogP contribution in [-0.2, 0) is 4.74 Å². The van der Waals surface area contributed by atoms with Gasteiger partial charge in [0.25, 0.3) is 0 Å². The number of nitriles is 2. The number of nitrogens with two attached hydrogens (primary N) is 1. The van der Waals surface area contributed by atoms with Gasteiger partial charge in [-0.25, -0.2) is 9.78 Å². The molecule has 0 spiro atoms. The molecule has 8 nitrogen and oxygen atoms in total. The molecule has 35 heavy (non-hydrogen) atoms. The number of thioether (sulfide) groups is 1. The Balaban J connectivity index is 2.04. The van der Waals surface area contributed by atoms with E-state index >= 15 is 0 Å². The van der Waals surface area contributed by atoms with E-state index in [9.17, 15) is 20.4 Å². The summed E-state index contributed by atoms with van der Waals surface area (Å²) in [5.74, 6) is -0.355. The Morgan fingerprint density at radius 2 is 1.83 bits per heavy atom. The highest BCUT2D eigenvalue weighted by molar-refractivity contribution is 7.99. The second-order valence-corrected chi connectivity index (χ2v) is 8.93. The number of aromatic carboxylic acids is 1. The Hall–Kier alpha value is -4.05. The molecule has 1 atom stereocenters. The van der Waals surface area contributed by atoms with Gasteiger partial charge in [0.15, 0.2) is 0 Å². The minimum absolute atomic E-state index is 0.0210. The lowest BCUT2D eigenvalue weighted by Crippen LogP contribution is -2.06. The molecule has 1 aromatic heterocycles. The summed E-state index contributed by atoms with van der Waals surface area (Å²) >= 11 is 1.29. The summed E-state index contributed by atoms with van der Waals surface area (Å²) in [7, 11) is 1.59. The van der Waals surface area contributed by atoms with Crippen LogP contribution in [-0.4, -0.2) is 36.4 Å². The zero-order valence-electron chi connectivity index (χ0n) is 19.5. The summed E-state index contributed by atoms with van der Waals surface area (Å²) in [6.07, 6.45) is 0. The molecular weight excluding hydrogens is 464 g/mol. The largest absolute Gasteiger partial charge is 0.491 e. The molecule has 0 radical (unpaired) electrons. The molecule has 0 fully saturated rings. The number of pyridine rings is 1. The highest BCUT2D eigenvalue weighted by atomic mass is 32.2. The second kappa shape index (κ2) is 11.4. The fourth-order valence-electron chi connectivity index (χ4n) is 3.69. The van der Waals surface area contributed by atoms with Gasteiger partial charge in [-0.2, -0.15) is 10.5 Å². The molecule has 1 unspecified atom stereocenters. The SMILES string of the molecule is COCCOc1ccc(-c2c(C#N)c(N)nc(SC(C)c3cccc(C(=O)O)c3C)c2C#N)cc1. The number of anilines is 1. The van der Waals surface area contributed by atoms with E-state index in [4.69, 9.17) is 15.2 Å². The smallest absolute Gasteiger partial charge is 0.335 e. The first kappa shape index (κ1) is 25.6. The molecule has 0 saturated carbocycles. The van der Waals surface area contributed by atoms with Crippen LogP contribution >= 0.6 is 11.8 Å². The first-order chi connectivity index (χ1) is 16.8. The number of nitrogen functional groups attached to an aromatic ring is 1. The molecule has 0 bridgehead atoms. The number of carbonyl (C=O) groups is 1. The Morgan fingerprint density at radius 1 is 1.14 bits per heavy atom. The zero-order valence-corrected chi connectivity index (χ0v) is 20.3. The van der Waals surface area contributed by atoms with Crippen molar-refractivity contribution < 1.29 is 19.4 Å². The highest BCUT2D eigenvalue weighted by Gasteiger charge is 2.23. The molecule has 1 heterocycles. The number of rotatable bonds is 9. The molecule has 2 aromatic carbocycles. The first-order valence-corrected chi connectivity index (χ1v) is 11.6. The predicted molar refractivity (Wildman–Crippen MR) is 133 cm³/mol. The van der Waals surface area contributed by atoms with Crippen molar-refractivity contribution in [3.8, 4) is 29.0 Å². The van der Waals surface area contributed by atoms with Crippen molar-refractivity contribution in [1.82, 2.24) is 4.98 Å². The number of hydrogen-bond donors (Lipinski definition) is 2. The molecule has 3 N–H and O–H groups in total. The molecule has 0 aliphatic heterocycles. The lowest BCUT2D eigenvalue weighted by Gasteiger charge is -2.18. The van der Waals surface area contributed by atoms with Crippen LogP contribution in [0.25, 0.3) is 11.1 Å². The fraction of sp³-hybridized carbons (Fsp3) is 0.231. The Labute approximate surface area is 207 Å². The Morgan fingerprint density at radius 3 is 2.43 bits per heavy atom. The second-order valence-electron chi connectivity index (χ2n) is 7.60. The average Bonchev–Trinajstić information content (AvgIpc) is 2.84. The monoisotopic (exact) mass is 488 g/mol. The van der Waals surface area contributed by atoms with E-state index in [0.717, 1.165) is 5.56 Å². The summed E-state index contributed by atoms with van der Waals surface area (Å²) in [6.45, 7) is 4.50. The number of nitrogens with zero attached hydrogens (tertiary/aromatic N) is 3. The van der Waals surface area contributed by atoms with Gasteiger partial charge in [-0.05, 0) is 48.7 Å². The maximum atomic E-state index is 11.5. The van der Waals surface area contributed by atoms with Gasteiger partial charge in [0, 0.05) is 17.9 Å². The van der Waals surface area contributed by atoms with Crippen molar-refractivity contribution in [1.29, 1.82) is 10.5 Å². The number of carboxylic acids is 1. The number of ether oxygens (including phenoxy) is 2. The van der Waals surface area contributed by atoms with Gasteiger partial charge in [0.1, 0.15) is 40.9 Å². The zero-order chi connectivity index (χ0) is 25.5. The molecule has 178 valence electrons. The van der Waals surface area contributed by atoms with Crippen LogP contribution in [0, 0.1) is 29.6 Å². The molecule has 3 aromatic rings. The summed E-state index contributed by atoms with van der Waals surface area (Å²) in [4.78, 5) is 15.9. The third-order valence-electron chi connectivity index (χ3n) is 5.45. The summed E-state index contributed by atoms with van der Waals surface area (Å²) in [5, 5.41) is 29.4. The van der Waals surface area contributed by atoms with Crippen molar-refractivity contribution in [3.05, 3.63) is 70.3 Å². The quantitative estimate of drug-likeness (QED) is 0.315. The molecule has 0 aliphatic rings. The standard InChI is InChI=1S/C26H24N4O4S/c1-15-19(5-4-6-20(15)26(31)32)16(2)35-25-22(14-28)23(21(13-27)24(29)30-25)17-7-9-18(10-8-17)34-12-11-33-3/h4-10,16H,11-12H2,1-3H3,(H2,29,30)(H,31,32). The topological polar surface area (TPSA) is 142 Å². The summed E-state index contributed by atoms with van der Waals surface area (Å²) in [6, 6.07) is 16.4. The maximum Gasteiger partial charge on any atom is 0.335 e. The van der Waals surface area contributed by atoms with Crippen LogP contribution in [0.3, 0.4) is 0 Å². The fourth-order valence-corrected chi connectivity index (χ4v) is 4.82. The number of methoxy groups -OCH3 is 1. The van der Waals surface area contributed by atoms with Crippen LogP contribution < -0.4 is 10.5 Å². The van der Waals surface area contributed by atoms with Crippen molar-refractivity contribution in [3.63, 3.8) is 0 Å². The Bertz CT molecular complexity index is 1330. The van der Waals surface area contributed by atoms with E-state index in [0.29, 0.717) is 40.7 Å². The van der Waals surface area contributed by atoms with E-state index < -0.39 is 5.97 Å². The number of carboxylic acid groups (broad SMARTS) is 1. The van der Waals surface area contributed by atoms with Crippen molar-refractivity contribution >= 4 is 23.5 Å². The minimum atomic E-state index is -1.00. The van der Waals surface area contributed by atoms with E-state index in [1.807, 2.05) is 13.0 Å². The molecule has 0 amide bonds. The number of benzene rings is 2. The average molecular weight is 489 g/mol. The molecule has 9 heteroatoms. The first-order valence-electron chi connectivity index (χ1n) is 10.7. The van der Waals surface area contributed by atoms with Crippen molar-refractivity contribution in [2.75, 3.05) is 26.1 Å². The van der Waals surface area contributed by atoms with Crippen LogP contribution in [0.1, 0.15) is 44.8 Å². The van der Waals surface area contributed by atoms with E-state index in [1.165, 1.54) is 11.8 Å². The highest BCUT2D eigenvalue weighted by Crippen LogP contribution is 2.42. The van der Waals surface area contributed by atoms with Gasteiger partial charge in [-0.15, -0.1) is 0 Å². The summed E-state index contributed by atoms with van der Waals surface area (Å²) < 4.78 is 10.6. The van der Waals surface area contributed by atoms with Crippen LogP contribution in [0.4, 0.5) is 5.82 Å². The van der Waals surface area contributed by atoms with Crippen molar-refractivity contribution in [2.24, 2.45) is 0 Å². The third-order valence-corrected chi connectivity index (χ3v) is 6.57. The molecular formula is C26H24N4O4S.